The monoisotopic (exact) mass is 370 g/mol. The first-order valence-electron chi connectivity index (χ1n) is 6.68. The van der Waals surface area contributed by atoms with Crippen molar-refractivity contribution >= 4 is 42.6 Å². The van der Waals surface area contributed by atoms with Gasteiger partial charge in [0.2, 0.25) is 5.91 Å². The minimum atomic E-state index is -2.97. The molecule has 1 aromatic carbocycles. The van der Waals surface area contributed by atoms with Crippen molar-refractivity contribution in [2.24, 2.45) is 0 Å². The second-order valence-corrected chi connectivity index (χ2v) is 8.37. The SMILES string of the molecule is O=C(Cn1ccc2c(Br)cccc21)NC1CCS(=O)(=O)C1. The van der Waals surface area contributed by atoms with Gasteiger partial charge in [-0.25, -0.2) is 8.42 Å². The molecule has 0 saturated carbocycles. The smallest absolute Gasteiger partial charge is 0.240 e. The summed E-state index contributed by atoms with van der Waals surface area (Å²) >= 11 is 3.48. The van der Waals surface area contributed by atoms with Crippen molar-refractivity contribution in [1.82, 2.24) is 9.88 Å². The molecule has 1 N–H and O–H groups in total. The Balaban J connectivity index is 1.71. The van der Waals surface area contributed by atoms with Gasteiger partial charge < -0.3 is 9.88 Å². The van der Waals surface area contributed by atoms with Crippen LogP contribution in [0.5, 0.6) is 0 Å². The maximum atomic E-state index is 12.1. The van der Waals surface area contributed by atoms with Crippen LogP contribution < -0.4 is 5.32 Å². The Morgan fingerprint density at radius 1 is 1.38 bits per heavy atom. The van der Waals surface area contributed by atoms with E-state index in [-0.39, 0.29) is 30.0 Å². The number of halogens is 1. The number of nitrogens with zero attached hydrogens (tertiary/aromatic N) is 1. The van der Waals surface area contributed by atoms with Crippen molar-refractivity contribution in [1.29, 1.82) is 0 Å². The van der Waals surface area contributed by atoms with Crippen molar-refractivity contribution in [3.8, 4) is 0 Å². The molecule has 2 aromatic rings. The summed E-state index contributed by atoms with van der Waals surface area (Å²) in [6.45, 7) is 0.191. The second kappa shape index (κ2) is 5.46. The average Bonchev–Trinajstić information content (AvgIpc) is 2.95. The molecule has 1 aromatic heterocycles. The fourth-order valence-corrected chi connectivity index (χ4v) is 4.82. The summed E-state index contributed by atoms with van der Waals surface area (Å²) in [7, 11) is -2.97. The van der Waals surface area contributed by atoms with Gasteiger partial charge in [0, 0.05) is 27.6 Å². The topological polar surface area (TPSA) is 68.2 Å². The number of fused-ring (bicyclic) bond motifs is 1. The van der Waals surface area contributed by atoms with E-state index in [9.17, 15) is 13.2 Å². The lowest BCUT2D eigenvalue weighted by molar-refractivity contribution is -0.122. The normalized spacial score (nSPS) is 20.7. The van der Waals surface area contributed by atoms with Crippen LogP contribution in [0.4, 0.5) is 0 Å². The van der Waals surface area contributed by atoms with E-state index in [4.69, 9.17) is 0 Å². The summed E-state index contributed by atoms with van der Waals surface area (Å²) in [5.74, 6) is 0.0585. The number of nitrogens with one attached hydrogen (secondary N) is 1. The lowest BCUT2D eigenvalue weighted by atomic mass is 10.2. The van der Waals surface area contributed by atoms with Crippen molar-refractivity contribution in [2.45, 2.75) is 19.0 Å². The molecule has 7 heteroatoms. The number of carbonyl (C=O) groups is 1. The third-order valence-electron chi connectivity index (χ3n) is 3.67. The zero-order valence-corrected chi connectivity index (χ0v) is 13.7. The van der Waals surface area contributed by atoms with E-state index in [1.165, 1.54) is 0 Å². The highest BCUT2D eigenvalue weighted by Crippen LogP contribution is 2.24. The van der Waals surface area contributed by atoms with E-state index in [2.05, 4.69) is 21.2 Å². The predicted octanol–water partition coefficient (Wildman–Crippen LogP) is 1.71. The number of hydrogen-bond donors (Lipinski definition) is 1. The highest BCUT2D eigenvalue weighted by Gasteiger charge is 2.28. The summed E-state index contributed by atoms with van der Waals surface area (Å²) in [5.41, 5.74) is 0.971. The van der Waals surface area contributed by atoms with Crippen LogP contribution in [0.15, 0.2) is 34.9 Å². The predicted molar refractivity (Wildman–Crippen MR) is 84.8 cm³/mol. The molecule has 1 unspecified atom stereocenters. The molecule has 1 fully saturated rings. The molecular formula is C14H15BrN2O3S. The van der Waals surface area contributed by atoms with Gasteiger partial charge in [-0.2, -0.15) is 0 Å². The van der Waals surface area contributed by atoms with Crippen LogP contribution in [0.25, 0.3) is 10.9 Å². The zero-order valence-electron chi connectivity index (χ0n) is 11.3. The number of carbonyl (C=O) groups excluding carboxylic acids is 1. The van der Waals surface area contributed by atoms with Crippen molar-refractivity contribution < 1.29 is 13.2 Å². The quantitative estimate of drug-likeness (QED) is 0.893. The first-order valence-corrected chi connectivity index (χ1v) is 9.29. The molecule has 5 nitrogen and oxygen atoms in total. The lowest BCUT2D eigenvalue weighted by Crippen LogP contribution is -2.37. The second-order valence-electron chi connectivity index (χ2n) is 5.28. The standard InChI is InChI=1S/C14H15BrN2O3S/c15-12-2-1-3-13-11(12)4-6-17(13)8-14(18)16-10-5-7-21(19,20)9-10/h1-4,6,10H,5,7-9H2,(H,16,18). The summed E-state index contributed by atoms with van der Waals surface area (Å²) in [6, 6.07) is 7.52. The third kappa shape index (κ3) is 3.13. The summed E-state index contributed by atoms with van der Waals surface area (Å²) in [5, 5.41) is 3.85. The molecule has 2 heterocycles. The minimum absolute atomic E-state index is 0.0523. The zero-order chi connectivity index (χ0) is 15.0. The third-order valence-corrected chi connectivity index (χ3v) is 6.13. The number of aromatic nitrogens is 1. The molecule has 0 spiro atoms. The highest BCUT2D eigenvalue weighted by molar-refractivity contribution is 9.10. The minimum Gasteiger partial charge on any atom is -0.351 e. The Hall–Kier alpha value is -1.34. The van der Waals surface area contributed by atoms with Crippen molar-refractivity contribution in [2.75, 3.05) is 11.5 Å². The van der Waals surface area contributed by atoms with Gasteiger partial charge in [-0.3, -0.25) is 4.79 Å². The van der Waals surface area contributed by atoms with Crippen LogP contribution in [-0.2, 0) is 21.2 Å². The van der Waals surface area contributed by atoms with Crippen LogP contribution >= 0.6 is 15.9 Å². The van der Waals surface area contributed by atoms with Gasteiger partial charge in [0.25, 0.3) is 0 Å². The molecule has 1 saturated heterocycles. The van der Waals surface area contributed by atoms with Gasteiger partial charge in [-0.1, -0.05) is 22.0 Å². The van der Waals surface area contributed by atoms with Crippen LogP contribution in [0.2, 0.25) is 0 Å². The first-order chi connectivity index (χ1) is 9.94. The lowest BCUT2D eigenvalue weighted by Gasteiger charge is -2.12. The molecule has 1 amide bonds. The maximum Gasteiger partial charge on any atom is 0.240 e. The molecule has 1 aliphatic heterocycles. The van der Waals surface area contributed by atoms with Gasteiger partial charge in [0.1, 0.15) is 6.54 Å². The van der Waals surface area contributed by atoms with Gasteiger partial charge >= 0.3 is 0 Å². The number of sulfone groups is 1. The molecule has 1 aliphatic rings. The summed E-state index contributed by atoms with van der Waals surface area (Å²) in [6.07, 6.45) is 2.37. The molecule has 112 valence electrons. The maximum absolute atomic E-state index is 12.1. The summed E-state index contributed by atoms with van der Waals surface area (Å²) < 4.78 is 25.6. The molecule has 21 heavy (non-hydrogen) atoms. The van der Waals surface area contributed by atoms with Crippen LogP contribution in [0.1, 0.15) is 6.42 Å². The average molecular weight is 371 g/mol. The van der Waals surface area contributed by atoms with Gasteiger partial charge in [0.15, 0.2) is 9.84 Å². The number of hydrogen-bond acceptors (Lipinski definition) is 3. The number of amides is 1. The largest absolute Gasteiger partial charge is 0.351 e. The first kappa shape index (κ1) is 14.6. The fourth-order valence-electron chi connectivity index (χ4n) is 2.66. The van der Waals surface area contributed by atoms with E-state index in [1.807, 2.05) is 35.0 Å². The Morgan fingerprint density at radius 3 is 2.90 bits per heavy atom. The van der Waals surface area contributed by atoms with E-state index in [0.29, 0.717) is 6.42 Å². The van der Waals surface area contributed by atoms with Gasteiger partial charge in [0.05, 0.1) is 11.5 Å². The van der Waals surface area contributed by atoms with Crippen LogP contribution in [0.3, 0.4) is 0 Å². The van der Waals surface area contributed by atoms with E-state index < -0.39 is 9.84 Å². The molecule has 0 bridgehead atoms. The van der Waals surface area contributed by atoms with Gasteiger partial charge in [-0.15, -0.1) is 0 Å². The Bertz CT molecular complexity index is 798. The van der Waals surface area contributed by atoms with Crippen LogP contribution in [0, 0.1) is 0 Å². The molecule has 0 aliphatic carbocycles. The van der Waals surface area contributed by atoms with Crippen molar-refractivity contribution in [3.63, 3.8) is 0 Å². The van der Waals surface area contributed by atoms with E-state index >= 15 is 0 Å². The van der Waals surface area contributed by atoms with Crippen molar-refractivity contribution in [3.05, 3.63) is 34.9 Å². The Kier molecular flexibility index (Phi) is 3.79. The fraction of sp³-hybridized carbons (Fsp3) is 0.357. The molecular weight excluding hydrogens is 356 g/mol. The summed E-state index contributed by atoms with van der Waals surface area (Å²) in [4.78, 5) is 12.1. The molecule has 3 rings (SSSR count). The highest BCUT2D eigenvalue weighted by atomic mass is 79.9. The Morgan fingerprint density at radius 2 is 2.19 bits per heavy atom. The Labute approximate surface area is 131 Å². The molecule has 0 radical (unpaired) electrons. The molecule has 1 atom stereocenters. The number of benzene rings is 1. The number of rotatable bonds is 3. The van der Waals surface area contributed by atoms with Gasteiger partial charge in [-0.05, 0) is 24.6 Å². The van der Waals surface area contributed by atoms with Crippen LogP contribution in [-0.4, -0.2) is 36.4 Å². The van der Waals surface area contributed by atoms with E-state index in [0.717, 1.165) is 15.4 Å². The van der Waals surface area contributed by atoms with E-state index in [1.54, 1.807) is 0 Å².